The second kappa shape index (κ2) is 6.16. The summed E-state index contributed by atoms with van der Waals surface area (Å²) in [5, 5.41) is 4.90. The minimum atomic E-state index is 0.177. The molecule has 1 N–H and O–H groups in total. The van der Waals surface area contributed by atoms with Crippen molar-refractivity contribution in [1.82, 2.24) is 10.3 Å². The Bertz CT molecular complexity index is 619. The van der Waals surface area contributed by atoms with Crippen LogP contribution in [0.25, 0.3) is 0 Å². The zero-order valence-corrected chi connectivity index (χ0v) is 13.7. The highest BCUT2D eigenvalue weighted by atomic mass is 32.1. The summed E-state index contributed by atoms with van der Waals surface area (Å²) in [6.45, 7) is 4.33. The number of ether oxygens (including phenoxy) is 1. The predicted molar refractivity (Wildman–Crippen MR) is 87.2 cm³/mol. The Hall–Kier alpha value is -1.39. The molecule has 2 aromatic rings. The molecular formula is C17H22N2OS. The van der Waals surface area contributed by atoms with Gasteiger partial charge in [-0.2, -0.15) is 0 Å². The molecule has 1 atom stereocenters. The zero-order chi connectivity index (χ0) is 14.8. The lowest BCUT2D eigenvalue weighted by molar-refractivity contribution is 0.413. The van der Waals surface area contributed by atoms with E-state index in [1.54, 1.807) is 7.11 Å². The van der Waals surface area contributed by atoms with E-state index in [2.05, 4.69) is 37.4 Å². The van der Waals surface area contributed by atoms with E-state index in [0.29, 0.717) is 6.04 Å². The van der Waals surface area contributed by atoms with Gasteiger partial charge in [0.2, 0.25) is 0 Å². The number of aryl methyl sites for hydroxylation is 2. The van der Waals surface area contributed by atoms with Crippen molar-refractivity contribution in [2.45, 2.75) is 45.2 Å². The Morgan fingerprint density at radius 2 is 2.24 bits per heavy atom. The van der Waals surface area contributed by atoms with Gasteiger partial charge in [0.15, 0.2) is 0 Å². The number of nitrogens with zero attached hydrogens (tertiary/aromatic N) is 1. The lowest BCUT2D eigenvalue weighted by Gasteiger charge is -2.17. The third kappa shape index (κ3) is 3.27. The van der Waals surface area contributed by atoms with Gasteiger partial charge >= 0.3 is 0 Å². The van der Waals surface area contributed by atoms with Crippen LogP contribution in [0.5, 0.6) is 5.75 Å². The van der Waals surface area contributed by atoms with Gasteiger partial charge in [0.25, 0.3) is 0 Å². The fraction of sp³-hybridized carbons (Fsp3) is 0.471. The molecule has 0 amide bonds. The molecule has 112 valence electrons. The maximum absolute atomic E-state index is 5.37. The third-order valence-electron chi connectivity index (χ3n) is 3.90. The molecule has 21 heavy (non-hydrogen) atoms. The van der Waals surface area contributed by atoms with Gasteiger partial charge in [-0.05, 0) is 43.9 Å². The van der Waals surface area contributed by atoms with Crippen molar-refractivity contribution in [3.05, 3.63) is 45.4 Å². The van der Waals surface area contributed by atoms with E-state index in [1.165, 1.54) is 34.0 Å². The van der Waals surface area contributed by atoms with Gasteiger partial charge in [0.1, 0.15) is 10.8 Å². The Morgan fingerprint density at radius 1 is 1.43 bits per heavy atom. The summed E-state index contributed by atoms with van der Waals surface area (Å²) in [5.41, 5.74) is 2.46. The van der Waals surface area contributed by atoms with Gasteiger partial charge < -0.3 is 10.1 Å². The molecule has 1 aromatic heterocycles. The first-order chi connectivity index (χ1) is 10.2. The lowest BCUT2D eigenvalue weighted by atomic mass is 10.1. The number of thiazole rings is 1. The first kappa shape index (κ1) is 14.5. The number of methoxy groups -OCH3 is 1. The van der Waals surface area contributed by atoms with E-state index in [4.69, 9.17) is 9.72 Å². The molecule has 0 bridgehead atoms. The first-order valence-electron chi connectivity index (χ1n) is 7.57. The second-order valence-corrected chi connectivity index (χ2v) is 6.79. The molecule has 1 aliphatic rings. The maximum Gasteiger partial charge on any atom is 0.119 e. The summed E-state index contributed by atoms with van der Waals surface area (Å²) in [4.78, 5) is 6.19. The highest BCUT2D eigenvalue weighted by Gasteiger charge is 2.28. The van der Waals surface area contributed by atoms with Crippen LogP contribution < -0.4 is 10.1 Å². The molecular weight excluding hydrogens is 280 g/mol. The van der Waals surface area contributed by atoms with Crippen LogP contribution >= 0.6 is 11.3 Å². The van der Waals surface area contributed by atoms with Crippen LogP contribution in [0.4, 0.5) is 0 Å². The summed E-state index contributed by atoms with van der Waals surface area (Å²) >= 11 is 1.81. The molecule has 3 rings (SSSR count). The fourth-order valence-corrected chi connectivity index (χ4v) is 3.62. The van der Waals surface area contributed by atoms with Crippen molar-refractivity contribution in [2.75, 3.05) is 7.11 Å². The molecule has 1 unspecified atom stereocenters. The van der Waals surface area contributed by atoms with Crippen LogP contribution in [0.1, 0.15) is 46.9 Å². The quantitative estimate of drug-likeness (QED) is 0.879. The third-order valence-corrected chi connectivity index (χ3v) is 4.98. The molecule has 1 saturated carbocycles. The average molecular weight is 302 g/mol. The number of aromatic nitrogens is 1. The van der Waals surface area contributed by atoms with Gasteiger partial charge in [-0.3, -0.25) is 0 Å². The highest BCUT2D eigenvalue weighted by Crippen LogP contribution is 2.33. The van der Waals surface area contributed by atoms with Crippen LogP contribution in [0.15, 0.2) is 24.3 Å². The van der Waals surface area contributed by atoms with E-state index in [0.717, 1.165) is 12.2 Å². The molecule has 1 fully saturated rings. The minimum Gasteiger partial charge on any atom is -0.497 e. The molecule has 1 aliphatic carbocycles. The van der Waals surface area contributed by atoms with Crippen molar-refractivity contribution < 1.29 is 4.74 Å². The van der Waals surface area contributed by atoms with Crippen LogP contribution in [0.3, 0.4) is 0 Å². The lowest BCUT2D eigenvalue weighted by Crippen LogP contribution is -2.24. The number of nitrogens with one attached hydrogen (secondary N) is 1. The van der Waals surface area contributed by atoms with Crippen molar-refractivity contribution >= 4 is 11.3 Å². The molecule has 3 nitrogen and oxygen atoms in total. The Morgan fingerprint density at radius 3 is 2.86 bits per heavy atom. The predicted octanol–water partition coefficient (Wildman–Crippen LogP) is 3.86. The van der Waals surface area contributed by atoms with E-state index in [1.807, 2.05) is 17.4 Å². The van der Waals surface area contributed by atoms with Crippen molar-refractivity contribution in [1.29, 1.82) is 0 Å². The summed E-state index contributed by atoms with van der Waals surface area (Å²) in [6, 6.07) is 9.12. The molecule has 1 heterocycles. The summed E-state index contributed by atoms with van der Waals surface area (Å²) in [7, 11) is 1.71. The zero-order valence-electron chi connectivity index (χ0n) is 12.8. The van der Waals surface area contributed by atoms with Gasteiger partial charge in [0.05, 0.1) is 18.8 Å². The number of hydrogen-bond acceptors (Lipinski definition) is 4. The highest BCUT2D eigenvalue weighted by molar-refractivity contribution is 7.11. The molecule has 0 aliphatic heterocycles. The normalized spacial score (nSPS) is 16.0. The van der Waals surface area contributed by atoms with Crippen LogP contribution in [-0.4, -0.2) is 18.1 Å². The second-order valence-electron chi connectivity index (χ2n) is 5.56. The number of benzene rings is 1. The van der Waals surface area contributed by atoms with Gasteiger partial charge in [-0.1, -0.05) is 19.1 Å². The summed E-state index contributed by atoms with van der Waals surface area (Å²) in [6.07, 6.45) is 3.54. The standard InChI is InChI=1S/C17H22N2OS/c1-4-15-11(2)21-17(19-15)16(18-13-8-9-13)12-6-5-7-14(10-12)20-3/h5-7,10,13,16,18H,4,8-9H2,1-3H3. The van der Waals surface area contributed by atoms with Gasteiger partial charge in [0, 0.05) is 10.9 Å². The largest absolute Gasteiger partial charge is 0.497 e. The van der Waals surface area contributed by atoms with Crippen LogP contribution in [0, 0.1) is 6.92 Å². The summed E-state index contributed by atoms with van der Waals surface area (Å²) < 4.78 is 5.37. The topological polar surface area (TPSA) is 34.2 Å². The monoisotopic (exact) mass is 302 g/mol. The fourth-order valence-electron chi connectivity index (χ4n) is 2.52. The van der Waals surface area contributed by atoms with E-state index in [9.17, 15) is 0 Å². The van der Waals surface area contributed by atoms with Crippen molar-refractivity contribution in [3.63, 3.8) is 0 Å². The smallest absolute Gasteiger partial charge is 0.119 e. The Labute approximate surface area is 130 Å². The first-order valence-corrected chi connectivity index (χ1v) is 8.39. The SMILES string of the molecule is CCc1nc(C(NC2CC2)c2cccc(OC)c2)sc1C. The van der Waals surface area contributed by atoms with Crippen molar-refractivity contribution in [2.24, 2.45) is 0 Å². The van der Waals surface area contributed by atoms with E-state index >= 15 is 0 Å². The number of rotatable bonds is 6. The molecule has 1 aromatic carbocycles. The molecule has 4 heteroatoms. The summed E-state index contributed by atoms with van der Waals surface area (Å²) in [5.74, 6) is 0.902. The molecule has 0 radical (unpaired) electrons. The Balaban J connectivity index is 1.95. The molecule has 0 saturated heterocycles. The average Bonchev–Trinajstić information content (AvgIpc) is 3.26. The maximum atomic E-state index is 5.37. The molecule has 0 spiro atoms. The van der Waals surface area contributed by atoms with Gasteiger partial charge in [-0.15, -0.1) is 11.3 Å². The van der Waals surface area contributed by atoms with Crippen LogP contribution in [0.2, 0.25) is 0 Å². The van der Waals surface area contributed by atoms with E-state index in [-0.39, 0.29) is 6.04 Å². The van der Waals surface area contributed by atoms with Gasteiger partial charge in [-0.25, -0.2) is 4.98 Å². The minimum absolute atomic E-state index is 0.177. The van der Waals surface area contributed by atoms with E-state index < -0.39 is 0 Å². The van der Waals surface area contributed by atoms with Crippen LogP contribution in [-0.2, 0) is 6.42 Å². The van der Waals surface area contributed by atoms with Crippen molar-refractivity contribution in [3.8, 4) is 5.75 Å². The Kier molecular flexibility index (Phi) is 4.27. The number of hydrogen-bond donors (Lipinski definition) is 1.